The van der Waals surface area contributed by atoms with Gasteiger partial charge in [0.05, 0.1) is 19.5 Å². The summed E-state index contributed by atoms with van der Waals surface area (Å²) >= 11 is 6.10. The first kappa shape index (κ1) is 23.7. The Morgan fingerprint density at radius 1 is 1.11 bits per heavy atom. The van der Waals surface area contributed by atoms with E-state index in [0.29, 0.717) is 24.8 Å². The minimum absolute atomic E-state index is 0.136. The summed E-state index contributed by atoms with van der Waals surface area (Å²) in [5.41, 5.74) is 2.02. The van der Waals surface area contributed by atoms with Gasteiger partial charge in [0.25, 0.3) is 0 Å². The standard InChI is InChI=1S/C26H29ClN4O4/c1-20(32)30-12-14-31(15-13-30)23-6-8-24(9-7-23)33-16-25-17-34-26(35-25,18-29-11-10-28-19-29)21-2-4-22(27)5-3-21/h2-11,19,25H,12-18H2,1H3/t25-,26-/m1/s1. The van der Waals surface area contributed by atoms with Gasteiger partial charge < -0.3 is 28.6 Å². The van der Waals surface area contributed by atoms with Crippen molar-refractivity contribution in [3.05, 3.63) is 77.8 Å². The highest BCUT2D eigenvalue weighted by molar-refractivity contribution is 6.30. The van der Waals surface area contributed by atoms with E-state index >= 15 is 0 Å². The molecule has 0 aliphatic carbocycles. The number of nitrogens with zero attached hydrogens (tertiary/aromatic N) is 4. The van der Waals surface area contributed by atoms with Crippen molar-refractivity contribution >= 4 is 23.2 Å². The van der Waals surface area contributed by atoms with E-state index in [2.05, 4.69) is 22.0 Å². The third-order valence-electron chi connectivity index (χ3n) is 6.46. The van der Waals surface area contributed by atoms with Crippen molar-refractivity contribution in [1.29, 1.82) is 0 Å². The quantitative estimate of drug-likeness (QED) is 0.498. The minimum atomic E-state index is -0.939. The van der Waals surface area contributed by atoms with E-state index in [1.807, 2.05) is 52.1 Å². The molecule has 1 aromatic heterocycles. The third kappa shape index (κ3) is 5.45. The second-order valence-electron chi connectivity index (χ2n) is 8.84. The van der Waals surface area contributed by atoms with Crippen molar-refractivity contribution in [2.75, 3.05) is 44.3 Å². The average Bonchev–Trinajstić information content (AvgIpc) is 3.54. The predicted molar refractivity (Wildman–Crippen MR) is 133 cm³/mol. The number of aromatic nitrogens is 2. The molecule has 2 aliphatic rings. The molecule has 0 saturated carbocycles. The summed E-state index contributed by atoms with van der Waals surface area (Å²) in [6.07, 6.45) is 5.14. The first-order valence-electron chi connectivity index (χ1n) is 11.8. The molecule has 2 atom stereocenters. The average molecular weight is 497 g/mol. The number of halogens is 1. The number of hydrogen-bond donors (Lipinski definition) is 0. The van der Waals surface area contributed by atoms with Gasteiger partial charge in [0.2, 0.25) is 11.7 Å². The van der Waals surface area contributed by atoms with Crippen LogP contribution in [0.2, 0.25) is 5.02 Å². The van der Waals surface area contributed by atoms with E-state index < -0.39 is 5.79 Å². The van der Waals surface area contributed by atoms with Gasteiger partial charge in [-0.1, -0.05) is 23.7 Å². The summed E-state index contributed by atoms with van der Waals surface area (Å²) in [5, 5.41) is 0.661. The Morgan fingerprint density at radius 3 is 2.51 bits per heavy atom. The monoisotopic (exact) mass is 496 g/mol. The lowest BCUT2D eigenvalue weighted by Crippen LogP contribution is -2.48. The van der Waals surface area contributed by atoms with E-state index in [4.69, 9.17) is 25.8 Å². The highest BCUT2D eigenvalue weighted by Gasteiger charge is 2.44. The molecule has 3 aromatic rings. The molecule has 2 aliphatic heterocycles. The second-order valence-corrected chi connectivity index (χ2v) is 9.28. The largest absolute Gasteiger partial charge is 0.491 e. The molecule has 0 radical (unpaired) electrons. The maximum Gasteiger partial charge on any atom is 0.219 e. The molecule has 0 N–H and O–H groups in total. The molecule has 1 amide bonds. The minimum Gasteiger partial charge on any atom is -0.491 e. The number of carbonyl (C=O) groups is 1. The fraction of sp³-hybridized carbons (Fsp3) is 0.385. The molecular weight excluding hydrogens is 468 g/mol. The second kappa shape index (κ2) is 10.3. The van der Waals surface area contributed by atoms with Gasteiger partial charge in [0, 0.05) is 61.8 Å². The van der Waals surface area contributed by atoms with Gasteiger partial charge >= 0.3 is 0 Å². The number of imidazole rings is 1. The van der Waals surface area contributed by atoms with Gasteiger partial charge in [-0.3, -0.25) is 4.79 Å². The molecule has 0 spiro atoms. The van der Waals surface area contributed by atoms with Crippen molar-refractivity contribution in [2.45, 2.75) is 25.4 Å². The number of rotatable bonds is 7. The number of piperazine rings is 1. The topological polar surface area (TPSA) is 69.1 Å². The van der Waals surface area contributed by atoms with Crippen LogP contribution < -0.4 is 9.64 Å². The van der Waals surface area contributed by atoms with Gasteiger partial charge in [0.1, 0.15) is 18.5 Å². The molecule has 35 heavy (non-hydrogen) atoms. The number of anilines is 1. The molecule has 9 heteroatoms. The van der Waals surface area contributed by atoms with Crippen LogP contribution in [0.5, 0.6) is 5.75 Å². The maximum atomic E-state index is 11.5. The summed E-state index contributed by atoms with van der Waals surface area (Å²) in [5.74, 6) is -0.0273. The zero-order valence-electron chi connectivity index (χ0n) is 19.7. The van der Waals surface area contributed by atoms with Crippen LogP contribution in [0, 0.1) is 0 Å². The Labute approximate surface area is 210 Å². The molecule has 2 aromatic carbocycles. The smallest absolute Gasteiger partial charge is 0.219 e. The molecule has 3 heterocycles. The van der Waals surface area contributed by atoms with Crippen LogP contribution in [0.15, 0.2) is 67.3 Å². The number of carbonyl (C=O) groups excluding carboxylic acids is 1. The van der Waals surface area contributed by atoms with Crippen LogP contribution in [-0.4, -0.2) is 65.9 Å². The molecule has 0 unspecified atom stereocenters. The SMILES string of the molecule is CC(=O)N1CCN(c2ccc(OC[C@@H]3CO[C@@](Cn4ccnc4)(c4ccc(Cl)cc4)O3)cc2)CC1. The molecular formula is C26H29ClN4O4. The summed E-state index contributed by atoms with van der Waals surface area (Å²) in [6, 6.07) is 15.6. The van der Waals surface area contributed by atoms with Crippen molar-refractivity contribution in [2.24, 2.45) is 0 Å². The van der Waals surface area contributed by atoms with E-state index in [0.717, 1.165) is 43.2 Å². The lowest BCUT2D eigenvalue weighted by atomic mass is 10.1. The van der Waals surface area contributed by atoms with Crippen LogP contribution >= 0.6 is 11.6 Å². The Morgan fingerprint density at radius 2 is 1.86 bits per heavy atom. The van der Waals surface area contributed by atoms with Crippen molar-refractivity contribution in [3.8, 4) is 5.75 Å². The molecule has 5 rings (SSSR count). The van der Waals surface area contributed by atoms with Gasteiger partial charge in [-0.15, -0.1) is 0 Å². The Bertz CT molecular complexity index is 1120. The number of hydrogen-bond acceptors (Lipinski definition) is 6. The highest BCUT2D eigenvalue weighted by atomic mass is 35.5. The summed E-state index contributed by atoms with van der Waals surface area (Å²) in [6.45, 7) is 6.04. The molecule has 8 nitrogen and oxygen atoms in total. The zero-order valence-corrected chi connectivity index (χ0v) is 20.4. The molecule has 2 saturated heterocycles. The normalized spacial score (nSPS) is 22.4. The first-order chi connectivity index (χ1) is 17.0. The number of ether oxygens (including phenoxy) is 3. The van der Waals surface area contributed by atoms with Crippen LogP contribution in [0.25, 0.3) is 0 Å². The van der Waals surface area contributed by atoms with E-state index in [1.165, 1.54) is 0 Å². The first-order valence-corrected chi connectivity index (χ1v) is 12.2. The van der Waals surface area contributed by atoms with E-state index in [9.17, 15) is 4.79 Å². The predicted octanol–water partition coefficient (Wildman–Crippen LogP) is 3.55. The van der Waals surface area contributed by atoms with Crippen LogP contribution in [0.3, 0.4) is 0 Å². The van der Waals surface area contributed by atoms with Crippen molar-refractivity contribution in [3.63, 3.8) is 0 Å². The van der Waals surface area contributed by atoms with Crippen LogP contribution in [-0.2, 0) is 26.6 Å². The fourth-order valence-corrected chi connectivity index (χ4v) is 4.64. The lowest BCUT2D eigenvalue weighted by molar-refractivity contribution is -0.189. The molecule has 2 fully saturated rings. The molecule has 184 valence electrons. The van der Waals surface area contributed by atoms with E-state index in [1.54, 1.807) is 19.4 Å². The van der Waals surface area contributed by atoms with Crippen molar-refractivity contribution in [1.82, 2.24) is 14.5 Å². The lowest BCUT2D eigenvalue weighted by Gasteiger charge is -2.35. The number of amides is 1. The van der Waals surface area contributed by atoms with Crippen LogP contribution in [0.1, 0.15) is 12.5 Å². The number of benzene rings is 2. The summed E-state index contributed by atoms with van der Waals surface area (Å²) in [7, 11) is 0. The highest BCUT2D eigenvalue weighted by Crippen LogP contribution is 2.37. The third-order valence-corrected chi connectivity index (χ3v) is 6.71. The summed E-state index contributed by atoms with van der Waals surface area (Å²) in [4.78, 5) is 19.8. The van der Waals surface area contributed by atoms with Crippen molar-refractivity contribution < 1.29 is 19.0 Å². The molecule has 0 bridgehead atoms. The maximum absolute atomic E-state index is 11.5. The fourth-order valence-electron chi connectivity index (χ4n) is 4.52. The Kier molecular flexibility index (Phi) is 6.95. The van der Waals surface area contributed by atoms with E-state index in [-0.39, 0.29) is 12.0 Å². The van der Waals surface area contributed by atoms with Crippen LogP contribution in [0.4, 0.5) is 5.69 Å². The Balaban J connectivity index is 1.19. The van der Waals surface area contributed by atoms with Gasteiger partial charge in [-0.25, -0.2) is 4.98 Å². The van der Waals surface area contributed by atoms with Gasteiger partial charge in [-0.05, 0) is 36.4 Å². The summed E-state index contributed by atoms with van der Waals surface area (Å²) < 4.78 is 20.7. The van der Waals surface area contributed by atoms with Gasteiger partial charge in [-0.2, -0.15) is 0 Å². The van der Waals surface area contributed by atoms with Gasteiger partial charge in [0.15, 0.2) is 0 Å². The zero-order chi connectivity index (χ0) is 24.3. The Hall–Kier alpha value is -3.07.